The third kappa shape index (κ3) is 2.27. The Morgan fingerprint density at radius 1 is 1.69 bits per heavy atom. The van der Waals surface area contributed by atoms with Gasteiger partial charge in [-0.2, -0.15) is 0 Å². The summed E-state index contributed by atoms with van der Waals surface area (Å²) in [6, 6.07) is -0.0473. The number of hydrogen-bond acceptors (Lipinski definition) is 4. The normalized spacial score (nSPS) is 25.9. The Balaban J connectivity index is 2.68. The van der Waals surface area contributed by atoms with E-state index in [0.717, 1.165) is 6.29 Å². The summed E-state index contributed by atoms with van der Waals surface area (Å²) in [7, 11) is 0. The van der Waals surface area contributed by atoms with Gasteiger partial charge >= 0.3 is 0 Å². The van der Waals surface area contributed by atoms with Crippen LogP contribution in [0.1, 0.15) is 13.8 Å². The minimum absolute atomic E-state index is 0.0390. The summed E-state index contributed by atoms with van der Waals surface area (Å²) in [5.41, 5.74) is -0.503. The lowest BCUT2D eigenvalue weighted by atomic mass is 10.0. The van der Waals surface area contributed by atoms with E-state index < -0.39 is 5.54 Å². The van der Waals surface area contributed by atoms with Crippen molar-refractivity contribution in [3.8, 4) is 0 Å². The molecule has 0 radical (unpaired) electrons. The lowest BCUT2D eigenvalue weighted by molar-refractivity contribution is -0.125. The first kappa shape index (κ1) is 10.6. The summed E-state index contributed by atoms with van der Waals surface area (Å²) in [6.07, 6.45) is 0.918. The van der Waals surface area contributed by atoms with E-state index in [0.29, 0.717) is 19.8 Å². The van der Waals surface area contributed by atoms with Crippen LogP contribution in [0.5, 0.6) is 0 Å². The molecule has 4 heteroatoms. The SMILES string of the molecule is CC(C)(C=O)N1CCOCC1CO. The van der Waals surface area contributed by atoms with Gasteiger partial charge in [0, 0.05) is 6.54 Å². The Hall–Kier alpha value is -0.450. The molecule has 1 aliphatic heterocycles. The van der Waals surface area contributed by atoms with Crippen LogP contribution in [-0.2, 0) is 9.53 Å². The van der Waals surface area contributed by atoms with Crippen LogP contribution in [0.3, 0.4) is 0 Å². The number of aliphatic hydroxyl groups excluding tert-OH is 1. The van der Waals surface area contributed by atoms with Crippen LogP contribution in [0, 0.1) is 0 Å². The quantitative estimate of drug-likeness (QED) is 0.614. The third-order valence-electron chi connectivity index (χ3n) is 2.47. The van der Waals surface area contributed by atoms with Gasteiger partial charge in [0.1, 0.15) is 6.29 Å². The van der Waals surface area contributed by atoms with Gasteiger partial charge in [-0.3, -0.25) is 4.90 Å². The molecule has 76 valence electrons. The first-order valence-corrected chi connectivity index (χ1v) is 4.53. The van der Waals surface area contributed by atoms with E-state index in [2.05, 4.69) is 0 Å². The van der Waals surface area contributed by atoms with Crippen molar-refractivity contribution in [3.63, 3.8) is 0 Å². The van der Waals surface area contributed by atoms with Gasteiger partial charge in [0.15, 0.2) is 0 Å². The summed E-state index contributed by atoms with van der Waals surface area (Å²) in [6.45, 7) is 5.59. The van der Waals surface area contributed by atoms with Gasteiger partial charge < -0.3 is 14.6 Å². The predicted octanol–water partition coefficient (Wildman–Crippen LogP) is -0.343. The van der Waals surface area contributed by atoms with Gasteiger partial charge in [0.2, 0.25) is 0 Å². The van der Waals surface area contributed by atoms with Crippen molar-refractivity contribution in [3.05, 3.63) is 0 Å². The molecule has 1 aliphatic rings. The molecule has 0 aromatic heterocycles. The highest BCUT2D eigenvalue weighted by Gasteiger charge is 2.34. The maximum absolute atomic E-state index is 10.8. The Kier molecular flexibility index (Phi) is 3.41. The van der Waals surface area contributed by atoms with E-state index >= 15 is 0 Å². The first-order valence-electron chi connectivity index (χ1n) is 4.53. The summed E-state index contributed by atoms with van der Waals surface area (Å²) < 4.78 is 5.23. The number of ether oxygens (including phenoxy) is 1. The molecule has 0 aliphatic carbocycles. The van der Waals surface area contributed by atoms with Crippen LogP contribution in [0.15, 0.2) is 0 Å². The number of nitrogens with zero attached hydrogens (tertiary/aromatic N) is 1. The summed E-state index contributed by atoms with van der Waals surface area (Å²) in [4.78, 5) is 12.8. The standard InChI is InChI=1S/C9H17NO3/c1-9(2,7-12)10-3-4-13-6-8(10)5-11/h7-8,11H,3-6H2,1-2H3. The molecular weight excluding hydrogens is 170 g/mol. The van der Waals surface area contributed by atoms with Crippen LogP contribution < -0.4 is 0 Å². The average Bonchev–Trinajstić information content (AvgIpc) is 2.18. The third-order valence-corrected chi connectivity index (χ3v) is 2.47. The first-order chi connectivity index (χ1) is 6.11. The van der Waals surface area contributed by atoms with Crippen molar-refractivity contribution in [1.29, 1.82) is 0 Å². The second-order valence-electron chi connectivity index (χ2n) is 3.88. The molecule has 0 aromatic rings. The van der Waals surface area contributed by atoms with E-state index in [4.69, 9.17) is 9.84 Å². The van der Waals surface area contributed by atoms with Crippen molar-refractivity contribution in [2.45, 2.75) is 25.4 Å². The van der Waals surface area contributed by atoms with Crippen LogP contribution >= 0.6 is 0 Å². The molecule has 1 atom stereocenters. The number of carbonyl (C=O) groups is 1. The van der Waals surface area contributed by atoms with Crippen molar-refractivity contribution >= 4 is 6.29 Å². The maximum Gasteiger partial charge on any atom is 0.139 e. The molecule has 4 nitrogen and oxygen atoms in total. The summed E-state index contributed by atoms with van der Waals surface area (Å²) >= 11 is 0. The zero-order chi connectivity index (χ0) is 9.90. The summed E-state index contributed by atoms with van der Waals surface area (Å²) in [5, 5.41) is 9.08. The number of aliphatic hydroxyl groups is 1. The van der Waals surface area contributed by atoms with Gasteiger partial charge in [0.05, 0.1) is 31.4 Å². The summed E-state index contributed by atoms with van der Waals surface area (Å²) in [5.74, 6) is 0. The number of hydrogen-bond donors (Lipinski definition) is 1. The van der Waals surface area contributed by atoms with Crippen molar-refractivity contribution in [1.82, 2.24) is 4.90 Å². The molecule has 0 spiro atoms. The molecule has 1 rings (SSSR count). The predicted molar refractivity (Wildman–Crippen MR) is 48.5 cm³/mol. The Bertz CT molecular complexity index is 182. The lowest BCUT2D eigenvalue weighted by Crippen LogP contribution is -2.57. The largest absolute Gasteiger partial charge is 0.395 e. The fourth-order valence-electron chi connectivity index (χ4n) is 1.63. The molecule has 1 unspecified atom stereocenters. The molecule has 0 saturated carbocycles. The van der Waals surface area contributed by atoms with Gasteiger partial charge in [-0.15, -0.1) is 0 Å². The second kappa shape index (κ2) is 4.17. The molecule has 1 N–H and O–H groups in total. The average molecular weight is 187 g/mol. The Morgan fingerprint density at radius 2 is 2.38 bits per heavy atom. The molecule has 13 heavy (non-hydrogen) atoms. The molecule has 1 fully saturated rings. The zero-order valence-electron chi connectivity index (χ0n) is 8.19. The second-order valence-corrected chi connectivity index (χ2v) is 3.88. The van der Waals surface area contributed by atoms with Gasteiger partial charge in [0.25, 0.3) is 0 Å². The van der Waals surface area contributed by atoms with E-state index in [1.54, 1.807) is 0 Å². The van der Waals surface area contributed by atoms with E-state index in [1.165, 1.54) is 0 Å². The van der Waals surface area contributed by atoms with E-state index in [9.17, 15) is 4.79 Å². The van der Waals surface area contributed by atoms with Crippen LogP contribution in [0.2, 0.25) is 0 Å². The monoisotopic (exact) mass is 187 g/mol. The molecule has 0 aromatic carbocycles. The highest BCUT2D eigenvalue weighted by Crippen LogP contribution is 2.18. The van der Waals surface area contributed by atoms with Crippen LogP contribution in [-0.4, -0.2) is 54.2 Å². The highest BCUT2D eigenvalue weighted by molar-refractivity contribution is 5.62. The van der Waals surface area contributed by atoms with E-state index in [1.807, 2.05) is 18.7 Å². The Labute approximate surface area is 78.5 Å². The number of aldehydes is 1. The fraction of sp³-hybridized carbons (Fsp3) is 0.889. The van der Waals surface area contributed by atoms with Crippen molar-refractivity contribution in [2.24, 2.45) is 0 Å². The topological polar surface area (TPSA) is 49.8 Å². The number of carbonyl (C=O) groups excluding carboxylic acids is 1. The lowest BCUT2D eigenvalue weighted by Gasteiger charge is -2.42. The molecular formula is C9H17NO3. The van der Waals surface area contributed by atoms with Gasteiger partial charge in [-0.1, -0.05) is 0 Å². The molecule has 0 bridgehead atoms. The maximum atomic E-state index is 10.8. The van der Waals surface area contributed by atoms with Crippen LogP contribution in [0.4, 0.5) is 0 Å². The molecule has 1 saturated heterocycles. The van der Waals surface area contributed by atoms with Gasteiger partial charge in [-0.25, -0.2) is 0 Å². The Morgan fingerprint density at radius 3 is 2.92 bits per heavy atom. The number of rotatable bonds is 3. The van der Waals surface area contributed by atoms with Crippen molar-refractivity contribution in [2.75, 3.05) is 26.4 Å². The zero-order valence-corrected chi connectivity index (χ0v) is 8.19. The fourth-order valence-corrected chi connectivity index (χ4v) is 1.63. The van der Waals surface area contributed by atoms with Crippen molar-refractivity contribution < 1.29 is 14.6 Å². The van der Waals surface area contributed by atoms with Gasteiger partial charge in [-0.05, 0) is 13.8 Å². The number of morpholine rings is 1. The van der Waals surface area contributed by atoms with E-state index in [-0.39, 0.29) is 12.6 Å². The minimum atomic E-state index is -0.503. The molecule has 0 amide bonds. The minimum Gasteiger partial charge on any atom is -0.395 e. The highest BCUT2D eigenvalue weighted by atomic mass is 16.5. The molecule has 1 heterocycles. The van der Waals surface area contributed by atoms with Crippen LogP contribution in [0.25, 0.3) is 0 Å². The smallest absolute Gasteiger partial charge is 0.139 e.